The molecule has 3 rings (SSSR count). The summed E-state index contributed by atoms with van der Waals surface area (Å²) in [5, 5.41) is 2.05. The normalized spacial score (nSPS) is 26.1. The van der Waals surface area contributed by atoms with Crippen molar-refractivity contribution in [2.24, 2.45) is 5.73 Å². The maximum absolute atomic E-state index is 13.5. The van der Waals surface area contributed by atoms with E-state index in [9.17, 15) is 8.78 Å². The molecule has 0 amide bonds. The summed E-state index contributed by atoms with van der Waals surface area (Å²) in [5.41, 5.74) is 5.07. The molecular formula is C14H13F2N. The van der Waals surface area contributed by atoms with Crippen molar-refractivity contribution in [2.75, 3.05) is 6.54 Å². The third kappa shape index (κ3) is 1.39. The van der Waals surface area contributed by atoms with E-state index in [4.69, 9.17) is 5.73 Å². The van der Waals surface area contributed by atoms with E-state index in [1.54, 1.807) is 6.07 Å². The molecule has 1 aliphatic carbocycles. The summed E-state index contributed by atoms with van der Waals surface area (Å²) in [4.78, 5) is 0. The monoisotopic (exact) mass is 233 g/mol. The molecule has 0 aromatic heterocycles. The minimum Gasteiger partial charge on any atom is -0.329 e. The largest absolute Gasteiger partial charge is 0.329 e. The SMILES string of the molecule is NCC1(c2ccc3ccccc3c2)CC1(F)F. The van der Waals surface area contributed by atoms with Crippen LogP contribution in [-0.2, 0) is 5.41 Å². The van der Waals surface area contributed by atoms with E-state index < -0.39 is 11.3 Å². The second kappa shape index (κ2) is 3.26. The standard InChI is InChI=1S/C14H13F2N/c15-14(16)8-13(14,9-17)12-6-5-10-3-1-2-4-11(10)7-12/h1-7H,8-9,17H2. The third-order valence-corrected chi connectivity index (χ3v) is 3.75. The first-order chi connectivity index (χ1) is 8.09. The Morgan fingerprint density at radius 3 is 2.29 bits per heavy atom. The van der Waals surface area contributed by atoms with Gasteiger partial charge in [-0.1, -0.05) is 42.5 Å². The van der Waals surface area contributed by atoms with Crippen molar-refractivity contribution in [1.82, 2.24) is 0 Å². The molecule has 2 N–H and O–H groups in total. The lowest BCUT2D eigenvalue weighted by Gasteiger charge is -2.15. The Bertz CT molecular complexity index is 579. The molecule has 0 saturated heterocycles. The van der Waals surface area contributed by atoms with Gasteiger partial charge in [0.25, 0.3) is 5.92 Å². The van der Waals surface area contributed by atoms with Crippen molar-refractivity contribution in [2.45, 2.75) is 17.8 Å². The van der Waals surface area contributed by atoms with Gasteiger partial charge in [0.2, 0.25) is 0 Å². The summed E-state index contributed by atoms with van der Waals surface area (Å²) >= 11 is 0. The Hall–Kier alpha value is -1.48. The first kappa shape index (κ1) is 10.7. The molecule has 0 heterocycles. The van der Waals surface area contributed by atoms with Crippen molar-refractivity contribution in [1.29, 1.82) is 0 Å². The lowest BCUT2D eigenvalue weighted by molar-refractivity contribution is 0.0896. The van der Waals surface area contributed by atoms with Crippen molar-refractivity contribution in [3.63, 3.8) is 0 Å². The summed E-state index contributed by atoms with van der Waals surface area (Å²) < 4.78 is 26.9. The van der Waals surface area contributed by atoms with Crippen molar-refractivity contribution in [3.8, 4) is 0 Å². The number of halogens is 2. The van der Waals surface area contributed by atoms with Crippen LogP contribution in [0.15, 0.2) is 42.5 Å². The van der Waals surface area contributed by atoms with Gasteiger partial charge < -0.3 is 5.73 Å². The van der Waals surface area contributed by atoms with E-state index in [-0.39, 0.29) is 13.0 Å². The van der Waals surface area contributed by atoms with Gasteiger partial charge in [-0.15, -0.1) is 0 Å². The minimum absolute atomic E-state index is 0.00165. The van der Waals surface area contributed by atoms with Crippen LogP contribution in [0, 0.1) is 0 Å². The van der Waals surface area contributed by atoms with Crippen LogP contribution in [0.25, 0.3) is 10.8 Å². The number of nitrogens with two attached hydrogens (primary N) is 1. The number of hydrogen-bond donors (Lipinski definition) is 1. The Morgan fingerprint density at radius 2 is 1.71 bits per heavy atom. The fourth-order valence-corrected chi connectivity index (χ4v) is 2.47. The van der Waals surface area contributed by atoms with Crippen LogP contribution in [0.4, 0.5) is 8.78 Å². The molecule has 1 aliphatic rings. The zero-order valence-electron chi connectivity index (χ0n) is 9.29. The van der Waals surface area contributed by atoms with E-state index >= 15 is 0 Å². The van der Waals surface area contributed by atoms with Gasteiger partial charge in [0, 0.05) is 13.0 Å². The fourth-order valence-electron chi connectivity index (χ4n) is 2.47. The number of benzene rings is 2. The highest BCUT2D eigenvalue weighted by atomic mass is 19.3. The molecule has 1 nitrogen and oxygen atoms in total. The van der Waals surface area contributed by atoms with Crippen LogP contribution in [0.1, 0.15) is 12.0 Å². The van der Waals surface area contributed by atoms with Crippen molar-refractivity contribution >= 4 is 10.8 Å². The van der Waals surface area contributed by atoms with Crippen molar-refractivity contribution in [3.05, 3.63) is 48.0 Å². The van der Waals surface area contributed by atoms with Gasteiger partial charge in [-0.2, -0.15) is 0 Å². The average molecular weight is 233 g/mol. The Morgan fingerprint density at radius 1 is 1.06 bits per heavy atom. The number of hydrogen-bond acceptors (Lipinski definition) is 1. The van der Waals surface area contributed by atoms with Gasteiger partial charge in [0.15, 0.2) is 0 Å². The zero-order valence-corrected chi connectivity index (χ0v) is 9.29. The van der Waals surface area contributed by atoms with Gasteiger partial charge in [0.1, 0.15) is 0 Å². The predicted molar refractivity (Wildman–Crippen MR) is 64.2 cm³/mol. The lowest BCUT2D eigenvalue weighted by Crippen LogP contribution is -2.26. The molecule has 88 valence electrons. The molecule has 2 aromatic rings. The van der Waals surface area contributed by atoms with E-state index in [0.29, 0.717) is 5.56 Å². The predicted octanol–water partition coefficient (Wildman–Crippen LogP) is 3.08. The van der Waals surface area contributed by atoms with Crippen LogP contribution in [-0.4, -0.2) is 12.5 Å². The number of fused-ring (bicyclic) bond motifs is 1. The molecule has 2 aromatic carbocycles. The van der Waals surface area contributed by atoms with Gasteiger partial charge in [0.05, 0.1) is 5.41 Å². The van der Waals surface area contributed by atoms with Gasteiger partial charge >= 0.3 is 0 Å². The fraction of sp³-hybridized carbons (Fsp3) is 0.286. The maximum atomic E-state index is 13.5. The average Bonchev–Trinajstić information content (AvgIpc) is 2.92. The molecule has 0 bridgehead atoms. The van der Waals surface area contributed by atoms with Gasteiger partial charge in [-0.3, -0.25) is 0 Å². The molecule has 0 spiro atoms. The molecule has 1 atom stereocenters. The summed E-state index contributed by atoms with van der Waals surface area (Å²) in [7, 11) is 0. The van der Waals surface area contributed by atoms with Crippen LogP contribution in [0.3, 0.4) is 0 Å². The topological polar surface area (TPSA) is 26.0 Å². The highest BCUT2D eigenvalue weighted by molar-refractivity contribution is 5.83. The number of alkyl halides is 2. The molecule has 1 saturated carbocycles. The molecule has 17 heavy (non-hydrogen) atoms. The first-order valence-electron chi connectivity index (χ1n) is 5.66. The molecule has 1 fully saturated rings. The van der Waals surface area contributed by atoms with Crippen LogP contribution < -0.4 is 5.73 Å². The van der Waals surface area contributed by atoms with Gasteiger partial charge in [-0.05, 0) is 16.3 Å². The zero-order chi connectivity index (χ0) is 12.1. The second-order valence-electron chi connectivity index (χ2n) is 4.73. The lowest BCUT2D eigenvalue weighted by atomic mass is 9.93. The smallest absolute Gasteiger partial charge is 0.260 e. The molecule has 0 radical (unpaired) electrons. The second-order valence-corrected chi connectivity index (χ2v) is 4.73. The van der Waals surface area contributed by atoms with E-state index in [2.05, 4.69) is 0 Å². The summed E-state index contributed by atoms with van der Waals surface area (Å²) in [6.07, 6.45) is -0.130. The Labute approximate surface area is 98.2 Å². The minimum atomic E-state index is -2.65. The Kier molecular flexibility index (Phi) is 2.05. The van der Waals surface area contributed by atoms with E-state index in [1.165, 1.54) is 0 Å². The quantitative estimate of drug-likeness (QED) is 0.847. The van der Waals surface area contributed by atoms with Gasteiger partial charge in [-0.25, -0.2) is 8.78 Å². The summed E-state index contributed by atoms with van der Waals surface area (Å²) in [6.45, 7) is -0.00165. The van der Waals surface area contributed by atoms with E-state index in [0.717, 1.165) is 10.8 Å². The van der Waals surface area contributed by atoms with E-state index in [1.807, 2.05) is 36.4 Å². The molecule has 0 aliphatic heterocycles. The van der Waals surface area contributed by atoms with Crippen molar-refractivity contribution < 1.29 is 8.78 Å². The van der Waals surface area contributed by atoms with Crippen LogP contribution in [0.2, 0.25) is 0 Å². The summed E-state index contributed by atoms with van der Waals surface area (Å²) in [5.74, 6) is -2.65. The third-order valence-electron chi connectivity index (χ3n) is 3.75. The highest BCUT2D eigenvalue weighted by Crippen LogP contribution is 2.61. The van der Waals surface area contributed by atoms with Crippen LogP contribution in [0.5, 0.6) is 0 Å². The first-order valence-corrected chi connectivity index (χ1v) is 5.66. The molecule has 3 heteroatoms. The molecule has 1 unspecified atom stereocenters. The van der Waals surface area contributed by atoms with Crippen LogP contribution >= 0.6 is 0 Å². The highest BCUT2D eigenvalue weighted by Gasteiger charge is 2.71. The summed E-state index contributed by atoms with van der Waals surface area (Å²) in [6, 6.07) is 13.2. The number of rotatable bonds is 2. The maximum Gasteiger partial charge on any atom is 0.260 e. The molecular weight excluding hydrogens is 220 g/mol. The Balaban J connectivity index is 2.13.